The third-order valence-corrected chi connectivity index (χ3v) is 3.53. The zero-order valence-corrected chi connectivity index (χ0v) is 12.4. The Morgan fingerprint density at radius 3 is 3.00 bits per heavy atom. The number of ether oxygens (including phenoxy) is 1. The molecule has 1 atom stereocenters. The average molecular weight is 299 g/mol. The molecule has 20 heavy (non-hydrogen) atoms. The molecule has 0 aliphatic heterocycles. The van der Waals surface area contributed by atoms with Gasteiger partial charge in [-0.05, 0) is 6.07 Å². The van der Waals surface area contributed by atoms with E-state index in [1.165, 1.54) is 6.07 Å². The molecule has 2 N–H and O–H groups in total. The van der Waals surface area contributed by atoms with Gasteiger partial charge in [-0.3, -0.25) is 0 Å². The van der Waals surface area contributed by atoms with Crippen molar-refractivity contribution < 1.29 is 14.2 Å². The van der Waals surface area contributed by atoms with Gasteiger partial charge in [0.1, 0.15) is 5.82 Å². The molecule has 0 aromatic heterocycles. The first-order valence-electron chi connectivity index (χ1n) is 6.62. The van der Waals surface area contributed by atoms with Gasteiger partial charge in [-0.2, -0.15) is 11.8 Å². The van der Waals surface area contributed by atoms with E-state index >= 15 is 0 Å². The highest BCUT2D eigenvalue weighted by atomic mass is 32.2. The van der Waals surface area contributed by atoms with E-state index in [1.807, 2.05) is 6.08 Å². The number of aliphatic hydroxyl groups excluding tert-OH is 1. The fraction of sp³-hybridized carbons (Fsp3) is 0.467. The second kappa shape index (κ2) is 10.9. The number of nitrogens with one attached hydrogen (secondary N) is 1. The molecule has 1 aromatic carbocycles. The van der Waals surface area contributed by atoms with Gasteiger partial charge >= 0.3 is 0 Å². The van der Waals surface area contributed by atoms with Crippen molar-refractivity contribution in [3.05, 3.63) is 48.3 Å². The first kappa shape index (κ1) is 17.2. The van der Waals surface area contributed by atoms with Gasteiger partial charge in [-0.15, -0.1) is 6.58 Å². The highest BCUT2D eigenvalue weighted by Crippen LogP contribution is 2.07. The molecular weight excluding hydrogens is 277 g/mol. The normalized spacial score (nSPS) is 12.3. The highest BCUT2D eigenvalue weighted by molar-refractivity contribution is 7.99. The topological polar surface area (TPSA) is 41.5 Å². The van der Waals surface area contributed by atoms with Crippen molar-refractivity contribution in [3.63, 3.8) is 0 Å². The van der Waals surface area contributed by atoms with E-state index in [4.69, 9.17) is 4.74 Å². The van der Waals surface area contributed by atoms with Crippen molar-refractivity contribution in [3.8, 4) is 0 Å². The Hall–Kier alpha value is -0.880. The van der Waals surface area contributed by atoms with E-state index in [0.29, 0.717) is 12.1 Å². The molecule has 0 heterocycles. The van der Waals surface area contributed by atoms with Crippen LogP contribution in [0.3, 0.4) is 0 Å². The van der Waals surface area contributed by atoms with Crippen LogP contribution in [0.1, 0.15) is 5.56 Å². The first-order valence-corrected chi connectivity index (χ1v) is 7.78. The second-order valence-electron chi connectivity index (χ2n) is 4.33. The van der Waals surface area contributed by atoms with Gasteiger partial charge in [0.25, 0.3) is 0 Å². The minimum absolute atomic E-state index is 0.179. The summed E-state index contributed by atoms with van der Waals surface area (Å²) in [4.78, 5) is 0. The van der Waals surface area contributed by atoms with Crippen LogP contribution in [0.2, 0.25) is 0 Å². The summed E-state index contributed by atoms with van der Waals surface area (Å²) in [5.74, 6) is 1.64. The van der Waals surface area contributed by atoms with E-state index in [9.17, 15) is 9.50 Å². The fourth-order valence-corrected chi connectivity index (χ4v) is 2.18. The number of halogens is 1. The van der Waals surface area contributed by atoms with Crippen molar-refractivity contribution in [1.29, 1.82) is 0 Å². The zero-order chi connectivity index (χ0) is 14.6. The molecule has 1 rings (SSSR count). The van der Waals surface area contributed by atoms with Gasteiger partial charge in [-0.25, -0.2) is 4.39 Å². The summed E-state index contributed by atoms with van der Waals surface area (Å²) in [6.45, 7) is 5.34. The third kappa shape index (κ3) is 7.65. The Bertz CT molecular complexity index is 390. The largest absolute Gasteiger partial charge is 0.389 e. The van der Waals surface area contributed by atoms with Crippen LogP contribution in [0.4, 0.5) is 4.39 Å². The molecule has 0 amide bonds. The fourth-order valence-electron chi connectivity index (χ4n) is 1.56. The first-order chi connectivity index (χ1) is 9.74. The molecule has 5 heteroatoms. The molecule has 1 aromatic rings. The lowest BCUT2D eigenvalue weighted by molar-refractivity contribution is 0.0282. The Morgan fingerprint density at radius 2 is 2.25 bits per heavy atom. The lowest BCUT2D eigenvalue weighted by atomic mass is 10.2. The summed E-state index contributed by atoms with van der Waals surface area (Å²) in [5.41, 5.74) is 0.508. The van der Waals surface area contributed by atoms with Gasteiger partial charge < -0.3 is 15.2 Å². The second-order valence-corrected chi connectivity index (χ2v) is 5.48. The monoisotopic (exact) mass is 299 g/mol. The lowest BCUT2D eigenvalue weighted by Gasteiger charge is -2.12. The van der Waals surface area contributed by atoms with Crippen molar-refractivity contribution in [2.24, 2.45) is 0 Å². The van der Waals surface area contributed by atoms with Gasteiger partial charge in [0.05, 0.1) is 19.3 Å². The van der Waals surface area contributed by atoms with E-state index in [1.54, 1.807) is 30.0 Å². The Morgan fingerprint density at radius 1 is 1.45 bits per heavy atom. The van der Waals surface area contributed by atoms with E-state index in [-0.39, 0.29) is 19.0 Å². The zero-order valence-electron chi connectivity index (χ0n) is 11.6. The average Bonchev–Trinajstić information content (AvgIpc) is 2.45. The molecule has 0 spiro atoms. The van der Waals surface area contributed by atoms with Crippen LogP contribution in [-0.2, 0) is 11.3 Å². The van der Waals surface area contributed by atoms with Crippen LogP contribution in [0.5, 0.6) is 0 Å². The standard InChI is InChI=1S/C15H22FNO2S/c1-2-8-20-9-7-17-10-14(18)12-19-11-13-5-3-4-6-15(13)16/h2-6,14,17-18H,1,7-12H2. The Kier molecular flexibility index (Phi) is 9.32. The van der Waals surface area contributed by atoms with Gasteiger partial charge in [0, 0.05) is 30.2 Å². The quantitative estimate of drug-likeness (QED) is 0.485. The van der Waals surface area contributed by atoms with Crippen LogP contribution in [0, 0.1) is 5.82 Å². The molecule has 112 valence electrons. The predicted octanol–water partition coefficient (Wildman–Crippen LogP) is 2.21. The minimum atomic E-state index is -0.578. The van der Waals surface area contributed by atoms with Crippen molar-refractivity contribution in [1.82, 2.24) is 5.32 Å². The molecule has 3 nitrogen and oxygen atoms in total. The van der Waals surface area contributed by atoms with Gasteiger partial charge in [-0.1, -0.05) is 24.3 Å². The maximum absolute atomic E-state index is 13.3. The Balaban J connectivity index is 2.04. The maximum atomic E-state index is 13.3. The van der Waals surface area contributed by atoms with Crippen LogP contribution < -0.4 is 5.32 Å². The van der Waals surface area contributed by atoms with E-state index in [0.717, 1.165) is 18.1 Å². The van der Waals surface area contributed by atoms with Crippen molar-refractivity contribution >= 4 is 11.8 Å². The molecule has 0 aliphatic carbocycles. The number of hydrogen-bond donors (Lipinski definition) is 2. The molecule has 0 fully saturated rings. The summed E-state index contributed by atoms with van der Waals surface area (Å²) < 4.78 is 18.6. The number of hydrogen-bond acceptors (Lipinski definition) is 4. The number of thioether (sulfide) groups is 1. The maximum Gasteiger partial charge on any atom is 0.128 e. The van der Waals surface area contributed by atoms with Crippen molar-refractivity contribution in [2.75, 3.05) is 31.2 Å². The summed E-state index contributed by atoms with van der Waals surface area (Å²) >= 11 is 1.79. The van der Waals surface area contributed by atoms with E-state index < -0.39 is 6.10 Å². The smallest absolute Gasteiger partial charge is 0.128 e. The van der Waals surface area contributed by atoms with Gasteiger partial charge in [0.2, 0.25) is 0 Å². The number of rotatable bonds is 11. The van der Waals surface area contributed by atoms with Crippen LogP contribution in [0.25, 0.3) is 0 Å². The highest BCUT2D eigenvalue weighted by Gasteiger charge is 2.05. The molecule has 0 saturated heterocycles. The molecule has 0 radical (unpaired) electrons. The van der Waals surface area contributed by atoms with E-state index in [2.05, 4.69) is 11.9 Å². The van der Waals surface area contributed by atoms with Gasteiger partial charge in [0.15, 0.2) is 0 Å². The minimum Gasteiger partial charge on any atom is -0.389 e. The number of aliphatic hydroxyl groups is 1. The Labute approximate surface area is 124 Å². The molecule has 0 aliphatic rings. The SMILES string of the molecule is C=CCSCCNCC(O)COCc1ccccc1F. The predicted molar refractivity (Wildman–Crippen MR) is 82.5 cm³/mol. The van der Waals surface area contributed by atoms with Crippen molar-refractivity contribution in [2.45, 2.75) is 12.7 Å². The summed E-state index contributed by atoms with van der Waals surface area (Å²) in [6.07, 6.45) is 1.29. The number of benzene rings is 1. The van der Waals surface area contributed by atoms with Crippen LogP contribution in [0.15, 0.2) is 36.9 Å². The molecule has 0 saturated carbocycles. The molecule has 1 unspecified atom stereocenters. The summed E-state index contributed by atoms with van der Waals surface area (Å²) in [7, 11) is 0. The third-order valence-electron chi connectivity index (χ3n) is 2.56. The molecule has 0 bridgehead atoms. The summed E-state index contributed by atoms with van der Waals surface area (Å²) in [5, 5.41) is 12.8. The summed E-state index contributed by atoms with van der Waals surface area (Å²) in [6, 6.07) is 6.48. The van der Waals surface area contributed by atoms with Crippen LogP contribution >= 0.6 is 11.8 Å². The van der Waals surface area contributed by atoms with Crippen LogP contribution in [-0.4, -0.2) is 42.4 Å². The lowest BCUT2D eigenvalue weighted by Crippen LogP contribution is -2.31. The molecular formula is C15H22FNO2S.